The van der Waals surface area contributed by atoms with Crippen molar-refractivity contribution in [3.63, 3.8) is 0 Å². The molecular weight excluding hydrogens is 259 g/mol. The molecule has 2 heteroatoms. The van der Waals surface area contributed by atoms with Gasteiger partial charge in [-0.3, -0.25) is 0 Å². The van der Waals surface area contributed by atoms with Gasteiger partial charge in [0.25, 0.3) is 0 Å². The third kappa shape index (κ3) is 0.806. The van der Waals surface area contributed by atoms with Crippen molar-refractivity contribution in [1.82, 2.24) is 0 Å². The van der Waals surface area contributed by atoms with Gasteiger partial charge in [-0.25, -0.2) is 0 Å². The number of hydrogen-bond donors (Lipinski definition) is 0. The van der Waals surface area contributed by atoms with E-state index < -0.39 is 23.5 Å². The van der Waals surface area contributed by atoms with Crippen LogP contribution in [-0.2, 0) is 0 Å². The van der Waals surface area contributed by atoms with Gasteiger partial charge in [0, 0.05) is 0 Å². The topological polar surface area (TPSA) is 12.4 Å². The Labute approximate surface area is 42.8 Å². The van der Waals surface area contributed by atoms with E-state index in [-0.39, 0.29) is 0 Å². The second kappa shape index (κ2) is 1.66. The van der Waals surface area contributed by atoms with Crippen LogP contribution in [0.4, 0.5) is 0 Å². The molecule has 0 atom stereocenters. The Bertz CT molecular complexity index is 65.0. The molecule has 1 heterocycles. The van der Waals surface area contributed by atoms with Crippen LogP contribution in [0.3, 0.4) is 0 Å². The minimum atomic E-state index is -0.451. The molecule has 0 unspecified atom stereocenters. The summed E-state index contributed by atoms with van der Waals surface area (Å²) in [6.45, 7) is 0. The molecule has 1 nitrogen and oxygen atoms in total. The summed E-state index contributed by atoms with van der Waals surface area (Å²) in [4.78, 5) is 0. The van der Waals surface area contributed by atoms with Gasteiger partial charge in [-0.1, -0.05) is 0 Å². The number of hydrogen-bond acceptors (Lipinski definition) is 1. The SMILES string of the molecule is C1=[CH][BiH][N]=C1. The molecule has 1 rings (SSSR count). The van der Waals surface area contributed by atoms with Crippen molar-refractivity contribution in [2.45, 2.75) is 0 Å². The van der Waals surface area contributed by atoms with E-state index in [4.69, 9.17) is 0 Å². The summed E-state index contributed by atoms with van der Waals surface area (Å²) in [6.07, 6.45) is 3.92. The molecule has 0 saturated heterocycles. The summed E-state index contributed by atoms with van der Waals surface area (Å²) in [7, 11) is 0. The Kier molecular flexibility index (Phi) is 1.16. The molecule has 26 valence electrons. The average molecular weight is 263 g/mol. The average Bonchev–Trinajstić information content (AvgIpc) is 1.76. The standard InChI is InChI=1S/C3H3N.Bi.H/c1-2-3-4;;/h1-3H;;/q-1;+1;. The first-order chi connectivity index (χ1) is 2.50. The Morgan fingerprint density at radius 3 is 2.80 bits per heavy atom. The number of allylic oxidation sites excluding steroid dienone is 1. The van der Waals surface area contributed by atoms with E-state index in [1.54, 1.807) is 0 Å². The molecule has 0 aromatic rings. The summed E-state index contributed by atoms with van der Waals surface area (Å²) in [5.74, 6) is 0. The fourth-order valence-corrected chi connectivity index (χ4v) is 1.89. The first-order valence-electron chi connectivity index (χ1n) is 1.44. The molecule has 0 saturated carbocycles. The van der Waals surface area contributed by atoms with Crippen molar-refractivity contribution >= 4 is 29.7 Å². The van der Waals surface area contributed by atoms with Gasteiger partial charge in [-0.2, -0.15) is 0 Å². The van der Waals surface area contributed by atoms with Crippen molar-refractivity contribution in [2.24, 2.45) is 2.94 Å². The van der Waals surface area contributed by atoms with Crippen LogP contribution in [0.15, 0.2) is 12.8 Å². The molecule has 0 bridgehead atoms. The molecular formula is C3H4BiN. The molecule has 5 heavy (non-hydrogen) atoms. The van der Waals surface area contributed by atoms with Crippen molar-refractivity contribution < 1.29 is 0 Å². The third-order valence-corrected chi connectivity index (χ3v) is 2.89. The van der Waals surface area contributed by atoms with E-state index in [0.29, 0.717) is 0 Å². The fraction of sp³-hybridized carbons (Fsp3) is 0. The van der Waals surface area contributed by atoms with Crippen LogP contribution in [-0.4, -0.2) is 29.7 Å². The number of rotatable bonds is 0. The predicted octanol–water partition coefficient (Wildman–Crippen LogP) is -0.0640. The molecule has 0 spiro atoms. The molecule has 0 aromatic heterocycles. The summed E-state index contributed by atoms with van der Waals surface area (Å²) in [6, 6.07) is 0. The van der Waals surface area contributed by atoms with Crippen LogP contribution in [0.25, 0.3) is 0 Å². The van der Waals surface area contributed by atoms with Gasteiger partial charge >= 0.3 is 42.5 Å². The summed E-state index contributed by atoms with van der Waals surface area (Å²) >= 11 is -0.451. The van der Waals surface area contributed by atoms with Gasteiger partial charge in [-0.05, 0) is 0 Å². The maximum atomic E-state index is 4.04. The van der Waals surface area contributed by atoms with Gasteiger partial charge in [0.15, 0.2) is 0 Å². The molecule has 1 aliphatic rings. The predicted molar refractivity (Wildman–Crippen MR) is 24.8 cm³/mol. The molecule has 0 N–H and O–H groups in total. The second-order valence-electron chi connectivity index (χ2n) is 0.766. The minimum absolute atomic E-state index is 0.451. The summed E-state index contributed by atoms with van der Waals surface area (Å²) < 4.78 is 6.25. The van der Waals surface area contributed by atoms with E-state index in [9.17, 15) is 0 Å². The number of nitrogens with zero attached hydrogens (tertiary/aromatic N) is 1. The van der Waals surface area contributed by atoms with E-state index >= 15 is 0 Å². The molecule has 0 aromatic carbocycles. The monoisotopic (exact) mass is 263 g/mol. The van der Waals surface area contributed by atoms with Crippen LogP contribution < -0.4 is 0 Å². The summed E-state index contributed by atoms with van der Waals surface area (Å²) in [5.41, 5.74) is 0. The Morgan fingerprint density at radius 1 is 1.60 bits per heavy atom. The van der Waals surface area contributed by atoms with Gasteiger partial charge in [0.2, 0.25) is 0 Å². The second-order valence-corrected chi connectivity index (χ2v) is 4.07. The van der Waals surface area contributed by atoms with Crippen LogP contribution in [0, 0.1) is 0 Å². The zero-order valence-corrected chi connectivity index (χ0v) is 6.57. The molecule has 0 amide bonds. The first kappa shape index (κ1) is 3.48. The molecule has 0 fully saturated rings. The van der Waals surface area contributed by atoms with E-state index in [0.717, 1.165) is 0 Å². The fourth-order valence-electron chi connectivity index (χ4n) is 0.215. The molecule has 1 aliphatic heterocycles. The zero-order valence-electron chi connectivity index (χ0n) is 2.68. The van der Waals surface area contributed by atoms with Crippen molar-refractivity contribution in [3.8, 4) is 0 Å². The summed E-state index contributed by atoms with van der Waals surface area (Å²) in [5, 5.41) is 0. The molecule has 0 radical (unpaired) electrons. The van der Waals surface area contributed by atoms with E-state index in [2.05, 4.69) is 6.72 Å². The van der Waals surface area contributed by atoms with Crippen molar-refractivity contribution in [2.75, 3.05) is 0 Å². The normalized spacial score (nSPS) is 17.6. The van der Waals surface area contributed by atoms with Gasteiger partial charge in [0.05, 0.1) is 0 Å². The van der Waals surface area contributed by atoms with Crippen molar-refractivity contribution in [3.05, 3.63) is 9.86 Å². The molecule has 0 aliphatic carbocycles. The Balaban J connectivity index is 2.61. The van der Waals surface area contributed by atoms with Gasteiger partial charge < -0.3 is 0 Å². The van der Waals surface area contributed by atoms with Crippen LogP contribution >= 0.6 is 0 Å². The van der Waals surface area contributed by atoms with Crippen molar-refractivity contribution in [1.29, 1.82) is 0 Å². The van der Waals surface area contributed by atoms with Gasteiger partial charge in [0.1, 0.15) is 0 Å². The van der Waals surface area contributed by atoms with Crippen LogP contribution in [0.1, 0.15) is 0 Å². The van der Waals surface area contributed by atoms with Crippen LogP contribution in [0.2, 0.25) is 0 Å². The Hall–Kier alpha value is 0.293. The zero-order chi connectivity index (χ0) is 3.54. The first-order valence-corrected chi connectivity index (χ1v) is 5.42. The van der Waals surface area contributed by atoms with E-state index in [1.807, 2.05) is 12.3 Å². The van der Waals surface area contributed by atoms with Gasteiger partial charge in [-0.15, -0.1) is 0 Å². The quantitative estimate of drug-likeness (QED) is 0.543. The van der Waals surface area contributed by atoms with E-state index in [1.165, 1.54) is 0 Å². The third-order valence-electron chi connectivity index (χ3n) is 0.406. The Morgan fingerprint density at radius 2 is 2.60 bits per heavy atom. The maximum absolute atomic E-state index is 4.04. The van der Waals surface area contributed by atoms with Crippen LogP contribution in [0.5, 0.6) is 0 Å².